The molecule has 0 aromatic rings. The molecule has 1 nitrogen and oxygen atoms in total. The van der Waals surface area contributed by atoms with Crippen LogP contribution in [0.3, 0.4) is 0 Å². The van der Waals surface area contributed by atoms with E-state index in [9.17, 15) is 4.79 Å². The summed E-state index contributed by atoms with van der Waals surface area (Å²) in [6, 6.07) is 0. The molecule has 0 spiro atoms. The number of carbonyl (C=O) groups is 1. The van der Waals surface area contributed by atoms with E-state index >= 15 is 0 Å². The van der Waals surface area contributed by atoms with E-state index in [4.69, 9.17) is 0 Å². The average Bonchev–Trinajstić information content (AvgIpc) is 2.01. The summed E-state index contributed by atoms with van der Waals surface area (Å²) in [5, 5.41) is 0. The molecule has 2 bridgehead atoms. The molecule has 0 radical (unpaired) electrons. The van der Waals surface area contributed by atoms with Gasteiger partial charge in [0.25, 0.3) is 0 Å². The standard InChI is InChI=1S/C10H16O/c1-7-3-8-5-10(2,4-7)6-9(8)11/h7-8H,3-6H2,1-2H3. The number of ketones is 1. The summed E-state index contributed by atoms with van der Waals surface area (Å²) < 4.78 is 0. The van der Waals surface area contributed by atoms with Gasteiger partial charge in [-0.15, -0.1) is 0 Å². The monoisotopic (exact) mass is 152 g/mol. The summed E-state index contributed by atoms with van der Waals surface area (Å²) in [6.07, 6.45) is 4.47. The number of Topliss-reactive ketones (excluding diaryl/α,β-unsaturated/α-hetero) is 1. The summed E-state index contributed by atoms with van der Waals surface area (Å²) in [5.41, 5.74) is 0.388. The lowest BCUT2D eigenvalue weighted by atomic mass is 9.73. The van der Waals surface area contributed by atoms with Gasteiger partial charge in [0.2, 0.25) is 0 Å². The van der Waals surface area contributed by atoms with Crippen molar-refractivity contribution in [2.45, 2.75) is 39.5 Å². The molecule has 2 rings (SSSR count). The molecule has 2 aliphatic carbocycles. The minimum atomic E-state index is 0.388. The summed E-state index contributed by atoms with van der Waals surface area (Å²) >= 11 is 0. The van der Waals surface area contributed by atoms with Gasteiger partial charge in [-0.05, 0) is 30.6 Å². The molecule has 0 amide bonds. The van der Waals surface area contributed by atoms with Gasteiger partial charge < -0.3 is 0 Å². The molecule has 0 heterocycles. The fourth-order valence-electron chi connectivity index (χ4n) is 3.13. The maximum atomic E-state index is 11.4. The Morgan fingerprint density at radius 1 is 1.45 bits per heavy atom. The maximum Gasteiger partial charge on any atom is 0.136 e. The van der Waals surface area contributed by atoms with Crippen molar-refractivity contribution < 1.29 is 4.79 Å². The van der Waals surface area contributed by atoms with Crippen molar-refractivity contribution in [3.05, 3.63) is 0 Å². The van der Waals surface area contributed by atoms with E-state index in [0.717, 1.165) is 18.8 Å². The molecule has 2 aliphatic rings. The first-order valence-corrected chi connectivity index (χ1v) is 4.62. The van der Waals surface area contributed by atoms with E-state index in [2.05, 4.69) is 13.8 Å². The van der Waals surface area contributed by atoms with E-state index in [1.54, 1.807) is 0 Å². The molecule has 0 saturated heterocycles. The van der Waals surface area contributed by atoms with Crippen LogP contribution < -0.4 is 0 Å². The topological polar surface area (TPSA) is 17.1 Å². The number of carbonyl (C=O) groups excluding carboxylic acids is 1. The third-order valence-corrected chi connectivity index (χ3v) is 3.32. The Hall–Kier alpha value is -0.330. The molecule has 11 heavy (non-hydrogen) atoms. The highest BCUT2D eigenvalue weighted by molar-refractivity contribution is 5.84. The molecule has 2 fully saturated rings. The molecule has 62 valence electrons. The van der Waals surface area contributed by atoms with Crippen LogP contribution in [0.2, 0.25) is 0 Å². The third kappa shape index (κ3) is 1.11. The van der Waals surface area contributed by atoms with Crippen LogP contribution in [-0.4, -0.2) is 5.78 Å². The summed E-state index contributed by atoms with van der Waals surface area (Å²) in [6.45, 7) is 4.56. The van der Waals surface area contributed by atoms with Gasteiger partial charge in [0.1, 0.15) is 5.78 Å². The van der Waals surface area contributed by atoms with Gasteiger partial charge >= 0.3 is 0 Å². The van der Waals surface area contributed by atoms with Crippen molar-refractivity contribution in [2.75, 3.05) is 0 Å². The summed E-state index contributed by atoms with van der Waals surface area (Å²) in [5.74, 6) is 1.76. The minimum Gasteiger partial charge on any atom is -0.299 e. The number of hydrogen-bond donors (Lipinski definition) is 0. The first kappa shape index (κ1) is 7.33. The normalized spacial score (nSPS) is 49.8. The van der Waals surface area contributed by atoms with E-state index in [1.165, 1.54) is 12.8 Å². The van der Waals surface area contributed by atoms with E-state index < -0.39 is 0 Å². The second-order valence-electron chi connectivity index (χ2n) is 4.90. The highest BCUT2D eigenvalue weighted by atomic mass is 16.1. The Morgan fingerprint density at radius 2 is 2.18 bits per heavy atom. The molecule has 3 atom stereocenters. The van der Waals surface area contributed by atoms with Gasteiger partial charge in [-0.3, -0.25) is 4.79 Å². The number of hydrogen-bond acceptors (Lipinski definition) is 1. The zero-order valence-corrected chi connectivity index (χ0v) is 7.39. The molecular formula is C10H16O. The first-order valence-electron chi connectivity index (χ1n) is 4.62. The molecule has 0 aliphatic heterocycles. The van der Waals surface area contributed by atoms with E-state index in [0.29, 0.717) is 17.1 Å². The second kappa shape index (κ2) is 2.09. The van der Waals surface area contributed by atoms with Gasteiger partial charge in [0.15, 0.2) is 0 Å². The Kier molecular flexibility index (Phi) is 1.39. The Bertz CT molecular complexity index is 197. The van der Waals surface area contributed by atoms with Crippen molar-refractivity contribution in [2.24, 2.45) is 17.3 Å². The van der Waals surface area contributed by atoms with Crippen molar-refractivity contribution in [3.63, 3.8) is 0 Å². The van der Waals surface area contributed by atoms with Crippen LogP contribution in [-0.2, 0) is 4.79 Å². The van der Waals surface area contributed by atoms with Crippen molar-refractivity contribution in [3.8, 4) is 0 Å². The van der Waals surface area contributed by atoms with Crippen LogP contribution in [0, 0.1) is 17.3 Å². The van der Waals surface area contributed by atoms with Gasteiger partial charge in [0.05, 0.1) is 0 Å². The molecule has 0 aromatic heterocycles. The van der Waals surface area contributed by atoms with Crippen molar-refractivity contribution >= 4 is 5.78 Å². The van der Waals surface area contributed by atoms with Crippen LogP contribution in [0.5, 0.6) is 0 Å². The Labute approximate surface area is 68.2 Å². The number of rotatable bonds is 0. The van der Waals surface area contributed by atoms with Crippen LogP contribution in [0.25, 0.3) is 0 Å². The first-order chi connectivity index (χ1) is 5.09. The predicted octanol–water partition coefficient (Wildman–Crippen LogP) is 2.40. The fraction of sp³-hybridized carbons (Fsp3) is 0.900. The quantitative estimate of drug-likeness (QED) is 0.521. The van der Waals surface area contributed by atoms with Crippen LogP contribution >= 0.6 is 0 Å². The third-order valence-electron chi connectivity index (χ3n) is 3.32. The van der Waals surface area contributed by atoms with Crippen LogP contribution in [0.4, 0.5) is 0 Å². The van der Waals surface area contributed by atoms with Crippen LogP contribution in [0.15, 0.2) is 0 Å². The SMILES string of the molecule is CC1CC2CC(C)(CC2=O)C1. The highest BCUT2D eigenvalue weighted by Gasteiger charge is 2.45. The molecule has 0 N–H and O–H groups in total. The molecular weight excluding hydrogens is 136 g/mol. The smallest absolute Gasteiger partial charge is 0.136 e. The largest absolute Gasteiger partial charge is 0.299 e. The fourth-order valence-corrected chi connectivity index (χ4v) is 3.13. The highest BCUT2D eigenvalue weighted by Crippen LogP contribution is 2.50. The Balaban J connectivity index is 2.23. The lowest BCUT2D eigenvalue weighted by molar-refractivity contribution is -0.120. The predicted molar refractivity (Wildman–Crippen MR) is 44.2 cm³/mol. The lowest BCUT2D eigenvalue weighted by Crippen LogP contribution is -2.22. The summed E-state index contributed by atoms with van der Waals surface area (Å²) in [7, 11) is 0. The second-order valence-corrected chi connectivity index (χ2v) is 4.90. The van der Waals surface area contributed by atoms with E-state index in [-0.39, 0.29) is 0 Å². The van der Waals surface area contributed by atoms with Gasteiger partial charge in [-0.25, -0.2) is 0 Å². The number of fused-ring (bicyclic) bond motifs is 2. The van der Waals surface area contributed by atoms with Gasteiger partial charge in [-0.1, -0.05) is 13.8 Å². The van der Waals surface area contributed by atoms with Gasteiger partial charge in [0, 0.05) is 12.3 Å². The maximum absolute atomic E-state index is 11.4. The zero-order chi connectivity index (χ0) is 8.06. The van der Waals surface area contributed by atoms with Gasteiger partial charge in [-0.2, -0.15) is 0 Å². The molecule has 0 aromatic carbocycles. The zero-order valence-electron chi connectivity index (χ0n) is 7.39. The molecule has 2 saturated carbocycles. The lowest BCUT2D eigenvalue weighted by Gasteiger charge is -2.31. The minimum absolute atomic E-state index is 0.388. The van der Waals surface area contributed by atoms with Crippen molar-refractivity contribution in [1.82, 2.24) is 0 Å². The average molecular weight is 152 g/mol. The molecule has 1 heteroatoms. The molecule has 3 unspecified atom stereocenters. The summed E-state index contributed by atoms with van der Waals surface area (Å²) in [4.78, 5) is 11.4. The Morgan fingerprint density at radius 3 is 2.82 bits per heavy atom. The van der Waals surface area contributed by atoms with Crippen LogP contribution in [0.1, 0.15) is 39.5 Å². The van der Waals surface area contributed by atoms with E-state index in [1.807, 2.05) is 0 Å². The van der Waals surface area contributed by atoms with Crippen molar-refractivity contribution in [1.29, 1.82) is 0 Å².